The fourth-order valence-corrected chi connectivity index (χ4v) is 5.10. The zero-order valence-corrected chi connectivity index (χ0v) is 14.6. The quantitative estimate of drug-likeness (QED) is 0.800. The van der Waals surface area contributed by atoms with E-state index in [0.717, 1.165) is 5.56 Å². The summed E-state index contributed by atoms with van der Waals surface area (Å²) >= 11 is 1.42. The molecule has 2 saturated heterocycles. The predicted octanol–water partition coefficient (Wildman–Crippen LogP) is 1.25. The summed E-state index contributed by atoms with van der Waals surface area (Å²) in [5.41, 5.74) is -0.192. The molecular formula is C17H20N2O4S. The molecule has 0 bridgehead atoms. The smallest absolute Gasteiger partial charge is 0.327 e. The number of carbonyl (C=O) groups excluding carboxylic acids is 2. The van der Waals surface area contributed by atoms with Crippen molar-refractivity contribution in [1.82, 2.24) is 10.2 Å². The van der Waals surface area contributed by atoms with Crippen LogP contribution < -0.4 is 5.32 Å². The van der Waals surface area contributed by atoms with Crippen LogP contribution in [-0.2, 0) is 20.8 Å². The van der Waals surface area contributed by atoms with Gasteiger partial charge in [-0.25, -0.2) is 4.79 Å². The second-order valence-electron chi connectivity index (χ2n) is 6.94. The van der Waals surface area contributed by atoms with E-state index in [9.17, 15) is 19.5 Å². The van der Waals surface area contributed by atoms with Crippen molar-refractivity contribution in [2.24, 2.45) is 0 Å². The van der Waals surface area contributed by atoms with Crippen molar-refractivity contribution in [3.05, 3.63) is 35.9 Å². The molecule has 3 rings (SSSR count). The van der Waals surface area contributed by atoms with Crippen molar-refractivity contribution in [3.63, 3.8) is 0 Å². The molecule has 128 valence electrons. The SMILES string of the molecule is CC1(C)S[C@H]2N(C(=O)[C@@]2(C)NC(=O)Cc2ccccc2)[C@H]1C(=O)O. The molecule has 2 aliphatic rings. The maximum absolute atomic E-state index is 12.6. The van der Waals surface area contributed by atoms with Gasteiger partial charge in [-0.1, -0.05) is 30.3 Å². The Morgan fingerprint density at radius 2 is 1.88 bits per heavy atom. The molecule has 7 heteroatoms. The maximum atomic E-state index is 12.6. The number of carboxylic acid groups (broad SMARTS) is 1. The third-order valence-corrected chi connectivity index (χ3v) is 6.37. The molecule has 0 aromatic heterocycles. The van der Waals surface area contributed by atoms with Gasteiger partial charge in [0, 0.05) is 4.75 Å². The number of aliphatic carboxylic acids is 1. The Bertz CT molecular complexity index is 706. The zero-order valence-electron chi connectivity index (χ0n) is 13.8. The van der Waals surface area contributed by atoms with Gasteiger partial charge in [0.2, 0.25) is 5.91 Å². The van der Waals surface area contributed by atoms with Crippen LogP contribution in [0.15, 0.2) is 30.3 Å². The number of β-lactam (4-membered cyclic amide) rings is 1. The lowest BCUT2D eigenvalue weighted by Gasteiger charge is -2.51. The van der Waals surface area contributed by atoms with Crippen LogP contribution in [-0.4, -0.2) is 49.5 Å². The number of amides is 2. The molecule has 0 spiro atoms. The monoisotopic (exact) mass is 348 g/mol. The first-order chi connectivity index (χ1) is 11.2. The summed E-state index contributed by atoms with van der Waals surface area (Å²) in [4.78, 5) is 37.8. The third kappa shape index (κ3) is 2.47. The van der Waals surface area contributed by atoms with E-state index >= 15 is 0 Å². The van der Waals surface area contributed by atoms with Crippen molar-refractivity contribution >= 4 is 29.5 Å². The van der Waals surface area contributed by atoms with Crippen LogP contribution in [0.1, 0.15) is 26.3 Å². The molecule has 1 aromatic rings. The van der Waals surface area contributed by atoms with Crippen molar-refractivity contribution in [2.45, 2.75) is 48.9 Å². The molecule has 2 heterocycles. The van der Waals surface area contributed by atoms with Gasteiger partial charge in [-0.15, -0.1) is 11.8 Å². The van der Waals surface area contributed by atoms with Gasteiger partial charge in [-0.05, 0) is 26.3 Å². The first kappa shape index (κ1) is 16.8. The molecule has 2 amide bonds. The molecule has 1 aromatic carbocycles. The Morgan fingerprint density at radius 3 is 2.46 bits per heavy atom. The van der Waals surface area contributed by atoms with E-state index < -0.39 is 22.3 Å². The second-order valence-corrected chi connectivity index (χ2v) is 8.67. The highest BCUT2D eigenvalue weighted by Gasteiger charge is 2.69. The van der Waals surface area contributed by atoms with Crippen LogP contribution in [0, 0.1) is 0 Å². The van der Waals surface area contributed by atoms with Crippen molar-refractivity contribution in [3.8, 4) is 0 Å². The zero-order chi connectivity index (χ0) is 17.7. The molecule has 24 heavy (non-hydrogen) atoms. The Morgan fingerprint density at radius 1 is 1.25 bits per heavy atom. The van der Waals surface area contributed by atoms with Crippen LogP contribution in [0.2, 0.25) is 0 Å². The van der Waals surface area contributed by atoms with Gasteiger partial charge in [-0.3, -0.25) is 9.59 Å². The van der Waals surface area contributed by atoms with Gasteiger partial charge < -0.3 is 15.3 Å². The predicted molar refractivity (Wildman–Crippen MR) is 90.4 cm³/mol. The summed E-state index contributed by atoms with van der Waals surface area (Å²) in [5.74, 6) is -1.59. The van der Waals surface area contributed by atoms with Crippen LogP contribution >= 0.6 is 11.8 Å². The molecule has 0 aliphatic carbocycles. The Labute approximate surface area is 144 Å². The average Bonchev–Trinajstić information content (AvgIpc) is 2.77. The Kier molecular flexibility index (Phi) is 3.86. The summed E-state index contributed by atoms with van der Waals surface area (Å²) in [7, 11) is 0. The molecule has 0 saturated carbocycles. The molecule has 0 unspecified atom stereocenters. The molecule has 3 atom stereocenters. The molecule has 2 aliphatic heterocycles. The number of hydrogen-bond acceptors (Lipinski definition) is 4. The Balaban J connectivity index is 1.75. The number of fused-ring (bicyclic) bond motifs is 1. The first-order valence-electron chi connectivity index (χ1n) is 7.75. The standard InChI is InChI=1S/C17H20N2O4S/c1-16(2)12(13(21)22)19-14(23)17(3,15(19)24-16)18-11(20)9-10-7-5-4-6-8-10/h4-8,12,15H,9H2,1-3H3,(H,18,20)(H,21,22)/t12-,15+,17+/m0/s1. The van der Waals surface area contributed by atoms with E-state index in [1.54, 1.807) is 6.92 Å². The van der Waals surface area contributed by atoms with Crippen molar-refractivity contribution in [2.75, 3.05) is 0 Å². The van der Waals surface area contributed by atoms with Gasteiger partial charge in [0.1, 0.15) is 17.0 Å². The number of hydrogen-bond donors (Lipinski definition) is 2. The molecule has 0 radical (unpaired) electrons. The lowest BCUT2D eigenvalue weighted by Crippen LogP contribution is -2.78. The van der Waals surface area contributed by atoms with Crippen LogP contribution in [0.5, 0.6) is 0 Å². The third-order valence-electron chi connectivity index (χ3n) is 4.62. The largest absolute Gasteiger partial charge is 0.480 e. The fraction of sp³-hybridized carbons (Fsp3) is 0.471. The summed E-state index contributed by atoms with van der Waals surface area (Å²) in [6, 6.07) is 8.41. The number of nitrogens with zero attached hydrogens (tertiary/aromatic N) is 1. The van der Waals surface area contributed by atoms with E-state index in [4.69, 9.17) is 0 Å². The topological polar surface area (TPSA) is 86.7 Å². The van der Waals surface area contributed by atoms with Crippen molar-refractivity contribution in [1.29, 1.82) is 0 Å². The number of thioether (sulfide) groups is 1. The maximum Gasteiger partial charge on any atom is 0.327 e. The normalized spacial score (nSPS) is 30.5. The number of rotatable bonds is 4. The lowest BCUT2D eigenvalue weighted by molar-refractivity contribution is -0.167. The molecule has 6 nitrogen and oxygen atoms in total. The minimum Gasteiger partial charge on any atom is -0.480 e. The first-order valence-corrected chi connectivity index (χ1v) is 8.63. The molecule has 2 N–H and O–H groups in total. The van der Waals surface area contributed by atoms with Crippen LogP contribution in [0.4, 0.5) is 0 Å². The van der Waals surface area contributed by atoms with Gasteiger partial charge in [0.25, 0.3) is 5.91 Å². The summed E-state index contributed by atoms with van der Waals surface area (Å²) < 4.78 is -0.603. The van der Waals surface area contributed by atoms with E-state index in [0.29, 0.717) is 0 Å². The second kappa shape index (κ2) is 5.51. The van der Waals surface area contributed by atoms with Crippen LogP contribution in [0.25, 0.3) is 0 Å². The minimum absolute atomic E-state index is 0.187. The highest BCUT2D eigenvalue weighted by atomic mass is 32.2. The van der Waals surface area contributed by atoms with E-state index in [1.807, 2.05) is 44.2 Å². The van der Waals surface area contributed by atoms with Crippen molar-refractivity contribution < 1.29 is 19.5 Å². The van der Waals surface area contributed by atoms with Gasteiger partial charge in [0.15, 0.2) is 0 Å². The van der Waals surface area contributed by atoms with Crippen LogP contribution in [0.3, 0.4) is 0 Å². The Hall–Kier alpha value is -2.02. The highest BCUT2D eigenvalue weighted by molar-refractivity contribution is 8.01. The molecule has 2 fully saturated rings. The number of nitrogens with one attached hydrogen (secondary N) is 1. The highest BCUT2D eigenvalue weighted by Crippen LogP contribution is 2.54. The molecular weight excluding hydrogens is 328 g/mol. The van der Waals surface area contributed by atoms with E-state index in [-0.39, 0.29) is 23.6 Å². The van der Waals surface area contributed by atoms with E-state index in [1.165, 1.54) is 16.7 Å². The lowest BCUT2D eigenvalue weighted by atomic mass is 9.86. The average molecular weight is 348 g/mol. The number of benzene rings is 1. The fourth-order valence-electron chi connectivity index (χ4n) is 3.45. The summed E-state index contributed by atoms with van der Waals surface area (Å²) in [6.45, 7) is 5.30. The van der Waals surface area contributed by atoms with Gasteiger partial charge in [-0.2, -0.15) is 0 Å². The van der Waals surface area contributed by atoms with Gasteiger partial charge in [0.05, 0.1) is 6.42 Å². The minimum atomic E-state index is -1.06. The summed E-state index contributed by atoms with van der Waals surface area (Å²) in [5, 5.41) is 11.9. The summed E-state index contributed by atoms with van der Waals surface area (Å²) in [6.07, 6.45) is 0.187. The number of carboxylic acids is 1. The van der Waals surface area contributed by atoms with E-state index in [2.05, 4.69) is 5.32 Å². The van der Waals surface area contributed by atoms with Gasteiger partial charge >= 0.3 is 5.97 Å². The number of carbonyl (C=O) groups is 3.